The molecule has 4 nitrogen and oxygen atoms in total. The van der Waals surface area contributed by atoms with E-state index in [1.165, 1.54) is 10.9 Å². The van der Waals surface area contributed by atoms with Crippen molar-refractivity contribution in [2.75, 3.05) is 0 Å². The minimum absolute atomic E-state index is 0.0974. The van der Waals surface area contributed by atoms with E-state index < -0.39 is 0 Å². The largest absolute Gasteiger partial charge is 0.287 e. The number of aromatic nitrogens is 3. The van der Waals surface area contributed by atoms with Gasteiger partial charge in [-0.1, -0.05) is 30.0 Å². The van der Waals surface area contributed by atoms with Gasteiger partial charge in [-0.2, -0.15) is 0 Å². The molecule has 1 aromatic carbocycles. The summed E-state index contributed by atoms with van der Waals surface area (Å²) in [5.74, 6) is 6.00. The summed E-state index contributed by atoms with van der Waals surface area (Å²) in [5, 5.41) is 0.559. The molecule has 20 heavy (non-hydrogen) atoms. The van der Waals surface area contributed by atoms with Gasteiger partial charge in [-0.15, -0.1) is 0 Å². The minimum Gasteiger partial charge on any atom is -0.287 e. The summed E-state index contributed by atoms with van der Waals surface area (Å²) in [4.78, 5) is 20.3. The van der Waals surface area contributed by atoms with Gasteiger partial charge >= 0.3 is 0 Å². The summed E-state index contributed by atoms with van der Waals surface area (Å²) in [6, 6.07) is 11.3. The first-order valence-electron chi connectivity index (χ1n) is 6.18. The third kappa shape index (κ3) is 2.43. The zero-order chi connectivity index (χ0) is 13.8. The molecule has 0 atom stereocenters. The average molecular weight is 261 g/mol. The molecule has 0 saturated heterocycles. The molecule has 0 bridgehead atoms. The van der Waals surface area contributed by atoms with Crippen molar-refractivity contribution in [2.45, 2.75) is 6.54 Å². The Bertz CT molecular complexity index is 857. The first-order chi connectivity index (χ1) is 9.84. The molecule has 2 aromatic heterocycles. The van der Waals surface area contributed by atoms with Crippen molar-refractivity contribution >= 4 is 10.9 Å². The molecular weight excluding hydrogens is 250 g/mol. The molecule has 0 fully saturated rings. The van der Waals surface area contributed by atoms with Gasteiger partial charge in [0.05, 0.1) is 30.0 Å². The molecule has 2 heterocycles. The van der Waals surface area contributed by atoms with Crippen molar-refractivity contribution in [2.24, 2.45) is 0 Å². The molecule has 96 valence electrons. The molecule has 0 radical (unpaired) electrons. The van der Waals surface area contributed by atoms with E-state index in [1.54, 1.807) is 18.5 Å². The van der Waals surface area contributed by atoms with Gasteiger partial charge in [-0.05, 0) is 18.2 Å². The zero-order valence-corrected chi connectivity index (χ0v) is 10.7. The zero-order valence-electron chi connectivity index (χ0n) is 10.7. The predicted molar refractivity (Wildman–Crippen MR) is 77.1 cm³/mol. The molecular formula is C16H11N3O. The Morgan fingerprint density at radius 3 is 2.85 bits per heavy atom. The lowest BCUT2D eigenvalue weighted by Gasteiger charge is -2.01. The highest BCUT2D eigenvalue weighted by molar-refractivity contribution is 5.75. The second-order valence-corrected chi connectivity index (χ2v) is 4.24. The average Bonchev–Trinajstić information content (AvgIpc) is 2.51. The van der Waals surface area contributed by atoms with Crippen LogP contribution in [0.1, 0.15) is 5.56 Å². The summed E-state index contributed by atoms with van der Waals surface area (Å²) in [6.45, 7) is 0.318. The SMILES string of the molecule is O=c1c2ccncc2ncn1CC#Cc1ccccc1. The topological polar surface area (TPSA) is 47.8 Å². The number of hydrogen-bond donors (Lipinski definition) is 0. The fourth-order valence-corrected chi connectivity index (χ4v) is 1.87. The standard InChI is InChI=1S/C16H11N3O/c20-16-14-8-9-17-11-15(14)18-12-19(16)10-4-7-13-5-2-1-3-6-13/h1-3,5-6,8-9,11-12H,10H2. The van der Waals surface area contributed by atoms with Crippen LogP contribution in [0.5, 0.6) is 0 Å². The molecule has 0 unspecified atom stereocenters. The second-order valence-electron chi connectivity index (χ2n) is 4.24. The van der Waals surface area contributed by atoms with E-state index in [-0.39, 0.29) is 5.56 Å². The van der Waals surface area contributed by atoms with Gasteiger partial charge in [-0.25, -0.2) is 4.98 Å². The lowest BCUT2D eigenvalue weighted by atomic mass is 10.2. The molecule has 3 rings (SSSR count). The summed E-state index contributed by atoms with van der Waals surface area (Å²) in [6.07, 6.45) is 4.67. The van der Waals surface area contributed by atoms with Crippen molar-refractivity contribution in [1.29, 1.82) is 0 Å². The number of pyridine rings is 1. The van der Waals surface area contributed by atoms with Crippen LogP contribution >= 0.6 is 0 Å². The van der Waals surface area contributed by atoms with E-state index >= 15 is 0 Å². The number of rotatable bonds is 1. The molecule has 0 aliphatic carbocycles. The van der Waals surface area contributed by atoms with Crippen molar-refractivity contribution < 1.29 is 0 Å². The summed E-state index contributed by atoms with van der Waals surface area (Å²) < 4.78 is 1.50. The lowest BCUT2D eigenvalue weighted by molar-refractivity contribution is 0.782. The molecule has 0 spiro atoms. The fraction of sp³-hybridized carbons (Fsp3) is 0.0625. The van der Waals surface area contributed by atoms with E-state index in [4.69, 9.17) is 0 Å². The summed E-state index contributed by atoms with van der Waals surface area (Å²) in [7, 11) is 0. The van der Waals surface area contributed by atoms with Crippen LogP contribution in [0.15, 0.2) is 59.9 Å². The van der Waals surface area contributed by atoms with E-state index in [2.05, 4.69) is 21.8 Å². The number of fused-ring (bicyclic) bond motifs is 1. The van der Waals surface area contributed by atoms with Gasteiger partial charge in [0.15, 0.2) is 0 Å². The molecule has 0 saturated carbocycles. The van der Waals surface area contributed by atoms with Crippen molar-refractivity contribution in [3.63, 3.8) is 0 Å². The van der Waals surface area contributed by atoms with Gasteiger partial charge in [0.1, 0.15) is 0 Å². The highest BCUT2D eigenvalue weighted by atomic mass is 16.1. The maximum atomic E-state index is 12.2. The van der Waals surface area contributed by atoms with Crippen LogP contribution in [0.4, 0.5) is 0 Å². The predicted octanol–water partition coefficient (Wildman–Crippen LogP) is 1.84. The first kappa shape index (κ1) is 12.1. The van der Waals surface area contributed by atoms with E-state index in [0.29, 0.717) is 17.4 Å². The lowest BCUT2D eigenvalue weighted by Crippen LogP contribution is -2.20. The van der Waals surface area contributed by atoms with Gasteiger partial charge in [0, 0.05) is 11.8 Å². The van der Waals surface area contributed by atoms with E-state index in [0.717, 1.165) is 5.56 Å². The maximum absolute atomic E-state index is 12.2. The molecule has 4 heteroatoms. The Kier molecular flexibility index (Phi) is 3.25. The molecule has 0 aliphatic rings. The number of hydrogen-bond acceptors (Lipinski definition) is 3. The van der Waals surface area contributed by atoms with Crippen molar-refractivity contribution in [1.82, 2.24) is 14.5 Å². The van der Waals surface area contributed by atoms with Crippen LogP contribution in [0.3, 0.4) is 0 Å². The minimum atomic E-state index is -0.0974. The monoisotopic (exact) mass is 261 g/mol. The van der Waals surface area contributed by atoms with Gasteiger partial charge in [-0.3, -0.25) is 14.3 Å². The Hall–Kier alpha value is -2.93. The third-order valence-corrected chi connectivity index (χ3v) is 2.88. The quantitative estimate of drug-likeness (QED) is 0.628. The van der Waals surface area contributed by atoms with Gasteiger partial charge in [0.25, 0.3) is 5.56 Å². The van der Waals surface area contributed by atoms with Crippen LogP contribution in [-0.2, 0) is 6.54 Å². The number of nitrogens with zero attached hydrogens (tertiary/aromatic N) is 3. The highest BCUT2D eigenvalue weighted by Gasteiger charge is 2.01. The van der Waals surface area contributed by atoms with Crippen molar-refractivity contribution in [3.8, 4) is 11.8 Å². The fourth-order valence-electron chi connectivity index (χ4n) is 1.87. The van der Waals surface area contributed by atoms with E-state index in [9.17, 15) is 4.79 Å². The van der Waals surface area contributed by atoms with Gasteiger partial charge < -0.3 is 0 Å². The highest BCUT2D eigenvalue weighted by Crippen LogP contribution is 2.02. The van der Waals surface area contributed by atoms with Gasteiger partial charge in [0.2, 0.25) is 0 Å². The normalized spacial score (nSPS) is 10.0. The third-order valence-electron chi connectivity index (χ3n) is 2.88. The molecule has 0 N–H and O–H groups in total. The van der Waals surface area contributed by atoms with Crippen LogP contribution in [0.25, 0.3) is 10.9 Å². The van der Waals surface area contributed by atoms with Crippen molar-refractivity contribution in [3.05, 3.63) is 71.0 Å². The molecule has 0 amide bonds. The van der Waals surface area contributed by atoms with Crippen LogP contribution in [0.2, 0.25) is 0 Å². The maximum Gasteiger partial charge on any atom is 0.262 e. The Morgan fingerprint density at radius 1 is 1.15 bits per heavy atom. The van der Waals surface area contributed by atoms with Crippen LogP contribution in [0, 0.1) is 11.8 Å². The Balaban J connectivity index is 1.91. The second kappa shape index (κ2) is 5.37. The summed E-state index contributed by atoms with van der Waals surface area (Å²) in [5.41, 5.74) is 1.43. The first-order valence-corrected chi connectivity index (χ1v) is 6.18. The van der Waals surface area contributed by atoms with Crippen LogP contribution in [-0.4, -0.2) is 14.5 Å². The Labute approximate surface area is 115 Å². The Morgan fingerprint density at radius 2 is 2.00 bits per heavy atom. The van der Waals surface area contributed by atoms with E-state index in [1.807, 2.05) is 30.3 Å². The molecule has 3 aromatic rings. The molecule has 0 aliphatic heterocycles. The number of benzene rings is 1. The van der Waals surface area contributed by atoms with Crippen LogP contribution < -0.4 is 5.56 Å². The summed E-state index contributed by atoms with van der Waals surface area (Å²) >= 11 is 0. The smallest absolute Gasteiger partial charge is 0.262 e.